The Morgan fingerprint density at radius 3 is 2.64 bits per heavy atom. The molecule has 0 aliphatic carbocycles. The van der Waals surface area contributed by atoms with Crippen LogP contribution in [0.4, 0.5) is 11.4 Å². The summed E-state index contributed by atoms with van der Waals surface area (Å²) < 4.78 is 0. The molecule has 1 N–H and O–H groups in total. The third kappa shape index (κ3) is 3.83. The van der Waals surface area contributed by atoms with Crippen LogP contribution >= 0.6 is 11.6 Å². The zero-order valence-corrected chi connectivity index (χ0v) is 17.3. The number of nitrogens with zero attached hydrogens (tertiary/aromatic N) is 2. The number of para-hydroxylation sites is 1. The summed E-state index contributed by atoms with van der Waals surface area (Å²) in [5.41, 5.74) is 3.74. The lowest BCUT2D eigenvalue weighted by Crippen LogP contribution is -2.61. The van der Waals surface area contributed by atoms with Crippen molar-refractivity contribution in [1.29, 1.82) is 0 Å². The highest BCUT2D eigenvalue weighted by Gasteiger charge is 2.41. The summed E-state index contributed by atoms with van der Waals surface area (Å²) in [5.74, 6) is 0.591. The number of hydrogen-bond acceptors (Lipinski definition) is 3. The average Bonchev–Trinajstić information content (AvgIpc) is 2.71. The fourth-order valence-electron chi connectivity index (χ4n) is 4.38. The molecule has 4 rings (SSSR count). The Morgan fingerprint density at radius 2 is 1.89 bits per heavy atom. The van der Waals surface area contributed by atoms with Gasteiger partial charge < -0.3 is 15.1 Å². The molecule has 2 atom stereocenters. The van der Waals surface area contributed by atoms with Crippen molar-refractivity contribution in [3.63, 3.8) is 0 Å². The highest BCUT2D eigenvalue weighted by atomic mass is 35.5. The Kier molecular flexibility index (Phi) is 5.49. The highest BCUT2D eigenvalue weighted by Crippen LogP contribution is 2.37. The van der Waals surface area contributed by atoms with Crippen molar-refractivity contribution < 1.29 is 4.79 Å². The molecule has 1 saturated heterocycles. The van der Waals surface area contributed by atoms with Crippen molar-refractivity contribution in [3.05, 3.63) is 59.1 Å². The molecule has 148 valence electrons. The predicted octanol–water partition coefficient (Wildman–Crippen LogP) is 3.98. The SMILES string of the molecule is CC(C)CNC(=O)[C@@H]1Cc2ccccc2N2CCN(c3ccc(Cl)cc3)C[C@H]12. The molecule has 0 saturated carbocycles. The first-order valence-corrected chi connectivity index (χ1v) is 10.5. The normalized spacial score (nSPS) is 21.3. The third-order valence-electron chi connectivity index (χ3n) is 5.84. The molecule has 1 amide bonds. The van der Waals surface area contributed by atoms with Gasteiger partial charge in [0, 0.05) is 42.6 Å². The maximum absolute atomic E-state index is 13.1. The number of rotatable bonds is 4. The Labute approximate surface area is 172 Å². The minimum absolute atomic E-state index is 0.0382. The Balaban J connectivity index is 1.61. The smallest absolute Gasteiger partial charge is 0.225 e. The molecular formula is C23H28ClN3O. The molecule has 0 unspecified atom stereocenters. The summed E-state index contributed by atoms with van der Waals surface area (Å²) in [5, 5.41) is 3.93. The van der Waals surface area contributed by atoms with Crippen molar-refractivity contribution in [1.82, 2.24) is 5.32 Å². The van der Waals surface area contributed by atoms with Crippen LogP contribution in [0.25, 0.3) is 0 Å². The summed E-state index contributed by atoms with van der Waals surface area (Å²) >= 11 is 6.06. The first-order valence-electron chi connectivity index (χ1n) is 10.2. The molecule has 2 heterocycles. The van der Waals surface area contributed by atoms with Crippen LogP contribution in [-0.2, 0) is 11.2 Å². The van der Waals surface area contributed by atoms with Gasteiger partial charge in [-0.2, -0.15) is 0 Å². The molecule has 0 spiro atoms. The number of anilines is 2. The van der Waals surface area contributed by atoms with E-state index < -0.39 is 0 Å². The maximum atomic E-state index is 13.1. The van der Waals surface area contributed by atoms with Crippen LogP contribution in [0, 0.1) is 11.8 Å². The van der Waals surface area contributed by atoms with E-state index in [0.717, 1.165) is 37.6 Å². The minimum Gasteiger partial charge on any atom is -0.368 e. The summed E-state index contributed by atoms with van der Waals surface area (Å²) in [6.45, 7) is 7.68. The maximum Gasteiger partial charge on any atom is 0.225 e. The van der Waals surface area contributed by atoms with E-state index in [1.807, 2.05) is 12.1 Å². The number of carbonyl (C=O) groups excluding carboxylic acids is 1. The Bertz CT molecular complexity index is 836. The lowest BCUT2D eigenvalue weighted by Gasteiger charge is -2.49. The van der Waals surface area contributed by atoms with Gasteiger partial charge in [0.25, 0.3) is 0 Å². The van der Waals surface area contributed by atoms with E-state index >= 15 is 0 Å². The average molecular weight is 398 g/mol. The minimum atomic E-state index is -0.0382. The van der Waals surface area contributed by atoms with Gasteiger partial charge >= 0.3 is 0 Å². The van der Waals surface area contributed by atoms with E-state index in [4.69, 9.17) is 11.6 Å². The quantitative estimate of drug-likeness (QED) is 0.847. The van der Waals surface area contributed by atoms with Crippen molar-refractivity contribution in [2.24, 2.45) is 11.8 Å². The second-order valence-corrected chi connectivity index (χ2v) is 8.70. The van der Waals surface area contributed by atoms with Crippen molar-refractivity contribution in [2.75, 3.05) is 36.0 Å². The Morgan fingerprint density at radius 1 is 1.14 bits per heavy atom. The molecule has 2 aliphatic rings. The topological polar surface area (TPSA) is 35.6 Å². The lowest BCUT2D eigenvalue weighted by molar-refractivity contribution is -0.126. The van der Waals surface area contributed by atoms with E-state index in [2.05, 4.69) is 65.4 Å². The van der Waals surface area contributed by atoms with E-state index in [1.54, 1.807) is 0 Å². The van der Waals surface area contributed by atoms with Gasteiger partial charge in [-0.05, 0) is 48.2 Å². The van der Waals surface area contributed by atoms with Crippen LogP contribution in [0.5, 0.6) is 0 Å². The zero-order valence-electron chi connectivity index (χ0n) is 16.6. The van der Waals surface area contributed by atoms with E-state index in [1.165, 1.54) is 16.9 Å². The first kappa shape index (κ1) is 19.1. The number of benzene rings is 2. The fraction of sp³-hybridized carbons (Fsp3) is 0.435. The van der Waals surface area contributed by atoms with Crippen LogP contribution < -0.4 is 15.1 Å². The zero-order chi connectivity index (χ0) is 19.7. The number of nitrogens with one attached hydrogen (secondary N) is 1. The van der Waals surface area contributed by atoms with Gasteiger partial charge in [0.2, 0.25) is 5.91 Å². The summed E-state index contributed by atoms with van der Waals surface area (Å²) in [7, 11) is 0. The van der Waals surface area contributed by atoms with Gasteiger partial charge in [-0.15, -0.1) is 0 Å². The molecule has 0 aromatic heterocycles. The molecule has 2 aromatic rings. The van der Waals surface area contributed by atoms with Crippen molar-refractivity contribution >= 4 is 28.9 Å². The number of halogens is 1. The van der Waals surface area contributed by atoms with Crippen LogP contribution in [0.3, 0.4) is 0 Å². The molecule has 1 fully saturated rings. The van der Waals surface area contributed by atoms with E-state index in [-0.39, 0.29) is 17.9 Å². The standard InChI is InChI=1S/C23H28ClN3O/c1-16(2)14-25-23(28)20-13-17-5-3-4-6-21(17)27-12-11-26(15-22(20)27)19-9-7-18(24)8-10-19/h3-10,16,20,22H,11-15H2,1-2H3,(H,25,28)/t20-,22-/m1/s1. The highest BCUT2D eigenvalue weighted by molar-refractivity contribution is 6.30. The van der Waals surface area contributed by atoms with Crippen molar-refractivity contribution in [2.45, 2.75) is 26.3 Å². The van der Waals surface area contributed by atoms with Crippen LogP contribution in [-0.4, -0.2) is 38.1 Å². The molecule has 5 heteroatoms. The van der Waals surface area contributed by atoms with Crippen LogP contribution in [0.1, 0.15) is 19.4 Å². The molecule has 28 heavy (non-hydrogen) atoms. The number of fused-ring (bicyclic) bond motifs is 3. The third-order valence-corrected chi connectivity index (χ3v) is 6.09. The number of piperazine rings is 1. The van der Waals surface area contributed by atoms with Gasteiger partial charge in [0.15, 0.2) is 0 Å². The van der Waals surface area contributed by atoms with Gasteiger partial charge in [-0.1, -0.05) is 43.6 Å². The lowest BCUT2D eigenvalue weighted by atomic mass is 9.83. The molecule has 0 bridgehead atoms. The largest absolute Gasteiger partial charge is 0.368 e. The molecular weight excluding hydrogens is 370 g/mol. The molecule has 0 radical (unpaired) electrons. The fourth-order valence-corrected chi connectivity index (χ4v) is 4.51. The molecule has 2 aromatic carbocycles. The predicted molar refractivity (Wildman–Crippen MR) is 116 cm³/mol. The van der Waals surface area contributed by atoms with Gasteiger partial charge in [0.05, 0.1) is 12.0 Å². The summed E-state index contributed by atoms with van der Waals surface area (Å²) in [6.07, 6.45) is 0.801. The van der Waals surface area contributed by atoms with Gasteiger partial charge in [0.1, 0.15) is 0 Å². The number of amides is 1. The second kappa shape index (κ2) is 8.04. The second-order valence-electron chi connectivity index (χ2n) is 8.26. The van der Waals surface area contributed by atoms with Crippen LogP contribution in [0.15, 0.2) is 48.5 Å². The van der Waals surface area contributed by atoms with Gasteiger partial charge in [-0.3, -0.25) is 4.79 Å². The Hall–Kier alpha value is -2.20. The monoisotopic (exact) mass is 397 g/mol. The van der Waals surface area contributed by atoms with Crippen LogP contribution in [0.2, 0.25) is 5.02 Å². The first-order chi connectivity index (χ1) is 13.5. The molecule has 2 aliphatic heterocycles. The van der Waals surface area contributed by atoms with Crippen molar-refractivity contribution in [3.8, 4) is 0 Å². The van der Waals surface area contributed by atoms with E-state index in [0.29, 0.717) is 5.92 Å². The van der Waals surface area contributed by atoms with E-state index in [9.17, 15) is 4.79 Å². The number of hydrogen-bond donors (Lipinski definition) is 1. The summed E-state index contributed by atoms with van der Waals surface area (Å²) in [6, 6.07) is 16.7. The number of carbonyl (C=O) groups is 1. The molecule has 4 nitrogen and oxygen atoms in total. The summed E-state index contributed by atoms with van der Waals surface area (Å²) in [4.78, 5) is 17.9. The van der Waals surface area contributed by atoms with Gasteiger partial charge in [-0.25, -0.2) is 0 Å².